The maximum Gasteiger partial charge on any atom is 0.0406 e. The van der Waals surface area contributed by atoms with Crippen molar-refractivity contribution in [2.24, 2.45) is 0 Å². The van der Waals surface area contributed by atoms with Crippen LogP contribution in [0.5, 0.6) is 0 Å². The largest absolute Gasteiger partial charge is 0.313 e. The molecule has 0 aliphatic rings. The van der Waals surface area contributed by atoms with E-state index in [-0.39, 0.29) is 0 Å². The molecule has 0 heterocycles. The van der Waals surface area contributed by atoms with Crippen molar-refractivity contribution in [3.05, 3.63) is 29.3 Å². The Kier molecular flexibility index (Phi) is 8.82. The van der Waals surface area contributed by atoms with Crippen LogP contribution in [-0.4, -0.2) is 18.3 Å². The van der Waals surface area contributed by atoms with Gasteiger partial charge in [0.25, 0.3) is 0 Å². The third-order valence-corrected chi connectivity index (χ3v) is 4.25. The Morgan fingerprint density at radius 2 is 2.11 bits per heavy atom. The molecule has 0 fully saturated rings. The Bertz CT molecular complexity index is 383. The van der Waals surface area contributed by atoms with Crippen LogP contribution >= 0.6 is 23.4 Å². The summed E-state index contributed by atoms with van der Waals surface area (Å²) in [4.78, 5) is 1.27. The number of hydrogen-bond donors (Lipinski definition) is 1. The lowest BCUT2D eigenvalue weighted by Crippen LogP contribution is -2.31. The fourth-order valence-corrected chi connectivity index (χ4v) is 2.90. The lowest BCUT2D eigenvalue weighted by atomic mass is 10.1. The minimum absolute atomic E-state index is 0.536. The van der Waals surface area contributed by atoms with Gasteiger partial charge in [0, 0.05) is 28.1 Å². The van der Waals surface area contributed by atoms with E-state index in [0.29, 0.717) is 6.04 Å². The number of thioether (sulfide) groups is 1. The summed E-state index contributed by atoms with van der Waals surface area (Å²) < 4.78 is 0. The van der Waals surface area contributed by atoms with Crippen LogP contribution in [0.4, 0.5) is 0 Å². The highest BCUT2D eigenvalue weighted by atomic mass is 35.5. The van der Waals surface area contributed by atoms with Gasteiger partial charge in [0.2, 0.25) is 0 Å². The average Bonchev–Trinajstić information content (AvgIpc) is 2.43. The molecule has 1 atom stereocenters. The highest BCUT2D eigenvalue weighted by Gasteiger charge is 2.08. The van der Waals surface area contributed by atoms with E-state index in [0.717, 1.165) is 43.0 Å². The van der Waals surface area contributed by atoms with Crippen molar-refractivity contribution in [2.75, 3.05) is 12.3 Å². The second kappa shape index (κ2) is 10.2. The van der Waals surface area contributed by atoms with Gasteiger partial charge < -0.3 is 5.32 Å². The lowest BCUT2D eigenvalue weighted by Gasteiger charge is -2.17. The standard InChI is InChI=1S/C16H22ClNS/c1-3-5-6-7-15(18-12-4-2)13-19-16-10-8-14(17)9-11-16/h1,8-11,15,18H,4-7,12-13H2,2H3. The average molecular weight is 296 g/mol. The Balaban J connectivity index is 2.38. The van der Waals surface area contributed by atoms with E-state index in [1.807, 2.05) is 23.9 Å². The van der Waals surface area contributed by atoms with Crippen molar-refractivity contribution in [1.82, 2.24) is 5.32 Å². The monoisotopic (exact) mass is 295 g/mol. The Morgan fingerprint density at radius 1 is 1.37 bits per heavy atom. The van der Waals surface area contributed by atoms with Crippen molar-refractivity contribution in [1.29, 1.82) is 0 Å². The van der Waals surface area contributed by atoms with Crippen LogP contribution in [0.2, 0.25) is 5.02 Å². The van der Waals surface area contributed by atoms with E-state index < -0.39 is 0 Å². The first-order valence-electron chi connectivity index (χ1n) is 6.81. The lowest BCUT2D eigenvalue weighted by molar-refractivity contribution is 0.508. The fraction of sp³-hybridized carbons (Fsp3) is 0.500. The third-order valence-electron chi connectivity index (χ3n) is 2.82. The summed E-state index contributed by atoms with van der Waals surface area (Å²) in [7, 11) is 0. The smallest absolute Gasteiger partial charge is 0.0406 e. The summed E-state index contributed by atoms with van der Waals surface area (Å²) in [5.41, 5.74) is 0. The van der Waals surface area contributed by atoms with Gasteiger partial charge in [0.15, 0.2) is 0 Å². The molecule has 1 rings (SSSR count). The molecule has 0 aliphatic heterocycles. The second-order valence-corrected chi connectivity index (χ2v) is 6.04. The molecule has 0 aromatic heterocycles. The van der Waals surface area contributed by atoms with Gasteiger partial charge in [0.05, 0.1) is 0 Å². The van der Waals surface area contributed by atoms with Gasteiger partial charge >= 0.3 is 0 Å². The zero-order valence-electron chi connectivity index (χ0n) is 11.5. The molecule has 0 saturated carbocycles. The molecular weight excluding hydrogens is 274 g/mol. The predicted molar refractivity (Wildman–Crippen MR) is 86.9 cm³/mol. The summed E-state index contributed by atoms with van der Waals surface area (Å²) in [6, 6.07) is 8.57. The summed E-state index contributed by atoms with van der Waals surface area (Å²) in [6.07, 6.45) is 9.58. The van der Waals surface area contributed by atoms with E-state index in [1.165, 1.54) is 4.90 Å². The van der Waals surface area contributed by atoms with Crippen LogP contribution in [0.3, 0.4) is 0 Å². The maximum atomic E-state index is 5.89. The molecule has 0 saturated heterocycles. The fourth-order valence-electron chi connectivity index (χ4n) is 1.77. The van der Waals surface area contributed by atoms with Crippen LogP contribution in [-0.2, 0) is 0 Å². The number of nitrogens with one attached hydrogen (secondary N) is 1. The third kappa shape index (κ3) is 7.52. The zero-order valence-corrected chi connectivity index (χ0v) is 13.1. The van der Waals surface area contributed by atoms with Gasteiger partial charge in [-0.1, -0.05) is 18.5 Å². The Morgan fingerprint density at radius 3 is 2.74 bits per heavy atom. The summed E-state index contributed by atoms with van der Waals surface area (Å²) in [6.45, 7) is 3.26. The van der Waals surface area contributed by atoms with Crippen LogP contribution in [0.15, 0.2) is 29.2 Å². The Labute approximate surface area is 126 Å². The molecule has 0 aliphatic carbocycles. The number of terminal acetylenes is 1. The number of rotatable bonds is 9. The number of benzene rings is 1. The van der Waals surface area contributed by atoms with Gasteiger partial charge in [-0.25, -0.2) is 0 Å². The van der Waals surface area contributed by atoms with Crippen molar-refractivity contribution < 1.29 is 0 Å². The van der Waals surface area contributed by atoms with Gasteiger partial charge in [0.1, 0.15) is 0 Å². The SMILES string of the molecule is C#CCCCC(CSc1ccc(Cl)cc1)NCCC. The molecule has 0 radical (unpaired) electrons. The van der Waals surface area contributed by atoms with Crippen LogP contribution in [0.25, 0.3) is 0 Å². The molecule has 104 valence electrons. The predicted octanol–water partition coefficient (Wildman–Crippen LogP) is 4.60. The van der Waals surface area contributed by atoms with E-state index in [1.54, 1.807) is 0 Å². The molecule has 0 spiro atoms. The van der Waals surface area contributed by atoms with Gasteiger partial charge in [-0.15, -0.1) is 24.1 Å². The molecule has 1 nitrogen and oxygen atoms in total. The summed E-state index contributed by atoms with van der Waals surface area (Å²) in [5.74, 6) is 3.79. The van der Waals surface area contributed by atoms with Crippen LogP contribution < -0.4 is 5.32 Å². The number of hydrogen-bond acceptors (Lipinski definition) is 2. The van der Waals surface area contributed by atoms with Crippen molar-refractivity contribution in [3.63, 3.8) is 0 Å². The minimum Gasteiger partial charge on any atom is -0.313 e. The van der Waals surface area contributed by atoms with E-state index in [4.69, 9.17) is 18.0 Å². The van der Waals surface area contributed by atoms with Crippen molar-refractivity contribution >= 4 is 23.4 Å². The summed E-state index contributed by atoms with van der Waals surface area (Å²) in [5, 5.41) is 4.39. The molecule has 0 amide bonds. The Hall–Kier alpha value is -0.620. The topological polar surface area (TPSA) is 12.0 Å². The van der Waals surface area contributed by atoms with Gasteiger partial charge in [-0.3, -0.25) is 0 Å². The zero-order chi connectivity index (χ0) is 13.9. The first kappa shape index (κ1) is 16.4. The normalized spacial score (nSPS) is 12.1. The number of halogens is 1. The van der Waals surface area contributed by atoms with Gasteiger partial charge in [-0.2, -0.15) is 0 Å². The minimum atomic E-state index is 0.536. The molecule has 1 aromatic rings. The van der Waals surface area contributed by atoms with E-state index in [9.17, 15) is 0 Å². The molecular formula is C16H22ClNS. The van der Waals surface area contributed by atoms with Crippen molar-refractivity contribution in [3.8, 4) is 12.3 Å². The molecule has 1 aromatic carbocycles. The maximum absolute atomic E-state index is 5.89. The highest BCUT2D eigenvalue weighted by molar-refractivity contribution is 7.99. The molecule has 3 heteroatoms. The summed E-state index contributed by atoms with van der Waals surface area (Å²) >= 11 is 7.76. The van der Waals surface area contributed by atoms with Crippen LogP contribution in [0, 0.1) is 12.3 Å². The first-order chi connectivity index (χ1) is 9.26. The number of unbranched alkanes of at least 4 members (excludes halogenated alkanes) is 1. The molecule has 1 N–H and O–H groups in total. The molecule has 1 unspecified atom stereocenters. The van der Waals surface area contributed by atoms with E-state index in [2.05, 4.69) is 30.3 Å². The highest BCUT2D eigenvalue weighted by Crippen LogP contribution is 2.22. The van der Waals surface area contributed by atoms with Gasteiger partial charge in [-0.05, 0) is 50.1 Å². The first-order valence-corrected chi connectivity index (χ1v) is 8.17. The molecule has 0 bridgehead atoms. The molecule has 19 heavy (non-hydrogen) atoms. The van der Waals surface area contributed by atoms with Crippen molar-refractivity contribution in [2.45, 2.75) is 43.5 Å². The van der Waals surface area contributed by atoms with Crippen LogP contribution in [0.1, 0.15) is 32.6 Å². The van der Waals surface area contributed by atoms with E-state index >= 15 is 0 Å². The quantitative estimate of drug-likeness (QED) is 0.406. The second-order valence-electron chi connectivity index (χ2n) is 4.51.